The van der Waals surface area contributed by atoms with Crippen LogP contribution in [-0.2, 0) is 4.65 Å². The van der Waals surface area contributed by atoms with Gasteiger partial charge in [0, 0.05) is 11.8 Å². The Balaban J connectivity index is 1.83. The van der Waals surface area contributed by atoms with E-state index < -0.39 is 0 Å². The van der Waals surface area contributed by atoms with Crippen molar-refractivity contribution < 1.29 is 4.65 Å². The van der Waals surface area contributed by atoms with E-state index in [0.717, 1.165) is 17.6 Å². The molecular formula is C18H22BNO. The highest BCUT2D eigenvalue weighted by atomic mass is 16.5. The fraction of sp³-hybridized carbons (Fsp3) is 0.389. The molecule has 1 aromatic carbocycles. The minimum absolute atomic E-state index is 0.101. The minimum atomic E-state index is -0.101. The van der Waals surface area contributed by atoms with E-state index in [9.17, 15) is 0 Å². The van der Waals surface area contributed by atoms with E-state index in [2.05, 4.69) is 56.9 Å². The summed E-state index contributed by atoms with van der Waals surface area (Å²) in [5, 5.41) is 0. The van der Waals surface area contributed by atoms with E-state index in [4.69, 9.17) is 4.65 Å². The number of benzene rings is 1. The molecule has 3 heteroatoms. The molecule has 1 saturated heterocycles. The van der Waals surface area contributed by atoms with Crippen LogP contribution >= 0.6 is 0 Å². The van der Waals surface area contributed by atoms with Gasteiger partial charge in [-0.15, -0.1) is 0 Å². The van der Waals surface area contributed by atoms with E-state index in [1.165, 1.54) is 5.46 Å². The maximum Gasteiger partial charge on any atom is 0.329 e. The molecule has 2 heterocycles. The summed E-state index contributed by atoms with van der Waals surface area (Å²) in [4.78, 5) is 4.61. The number of rotatable bonds is 2. The van der Waals surface area contributed by atoms with E-state index in [-0.39, 0.29) is 17.9 Å². The second-order valence-corrected chi connectivity index (χ2v) is 7.05. The van der Waals surface area contributed by atoms with Crippen molar-refractivity contribution in [2.75, 3.05) is 0 Å². The van der Waals surface area contributed by atoms with E-state index >= 15 is 0 Å². The summed E-state index contributed by atoms with van der Waals surface area (Å²) >= 11 is 0. The average molecular weight is 279 g/mol. The first-order chi connectivity index (χ1) is 9.89. The van der Waals surface area contributed by atoms with Crippen LogP contribution in [0.4, 0.5) is 0 Å². The lowest BCUT2D eigenvalue weighted by Crippen LogP contribution is -2.36. The van der Waals surface area contributed by atoms with Crippen LogP contribution in [0.1, 0.15) is 27.7 Å². The smallest absolute Gasteiger partial charge is 0.329 e. The Labute approximate surface area is 127 Å². The molecule has 0 atom stereocenters. The average Bonchev–Trinajstić information content (AvgIpc) is 2.69. The third kappa shape index (κ3) is 2.63. The first-order valence-electron chi connectivity index (χ1n) is 7.58. The molecule has 0 amide bonds. The summed E-state index contributed by atoms with van der Waals surface area (Å²) in [6.07, 6.45) is 3.00. The maximum absolute atomic E-state index is 6.26. The van der Waals surface area contributed by atoms with Crippen molar-refractivity contribution in [2.45, 2.75) is 39.6 Å². The van der Waals surface area contributed by atoms with Crippen LogP contribution in [0.5, 0.6) is 0 Å². The van der Waals surface area contributed by atoms with Gasteiger partial charge in [-0.3, -0.25) is 4.98 Å². The van der Waals surface area contributed by atoms with Crippen molar-refractivity contribution in [3.8, 4) is 11.3 Å². The SMILES string of the molecule is CC1(C)CB(c2ccc(-c3ccccc3)nc2)OC1(C)C. The quantitative estimate of drug-likeness (QED) is 0.780. The van der Waals surface area contributed by atoms with Gasteiger partial charge in [0.2, 0.25) is 0 Å². The van der Waals surface area contributed by atoms with Crippen LogP contribution in [-0.4, -0.2) is 17.5 Å². The number of hydrogen-bond acceptors (Lipinski definition) is 2. The van der Waals surface area contributed by atoms with Gasteiger partial charge in [-0.25, -0.2) is 0 Å². The first kappa shape index (κ1) is 14.3. The molecule has 0 unspecified atom stereocenters. The van der Waals surface area contributed by atoms with Crippen LogP contribution in [0.3, 0.4) is 0 Å². The second-order valence-electron chi connectivity index (χ2n) is 7.05. The van der Waals surface area contributed by atoms with Crippen LogP contribution in [0.15, 0.2) is 48.7 Å². The highest BCUT2D eigenvalue weighted by Crippen LogP contribution is 2.44. The van der Waals surface area contributed by atoms with Gasteiger partial charge >= 0.3 is 6.92 Å². The van der Waals surface area contributed by atoms with E-state index in [1.807, 2.05) is 24.4 Å². The number of pyridine rings is 1. The lowest BCUT2D eigenvalue weighted by atomic mass is 9.54. The van der Waals surface area contributed by atoms with Gasteiger partial charge in [0.1, 0.15) is 0 Å². The van der Waals surface area contributed by atoms with Crippen LogP contribution in [0.25, 0.3) is 11.3 Å². The zero-order chi connectivity index (χ0) is 15.1. The van der Waals surface area contributed by atoms with Crippen molar-refractivity contribution in [1.29, 1.82) is 0 Å². The molecule has 0 aliphatic carbocycles. The van der Waals surface area contributed by atoms with E-state index in [1.54, 1.807) is 0 Å². The number of aromatic nitrogens is 1. The molecule has 108 valence electrons. The molecule has 0 radical (unpaired) electrons. The number of hydrogen-bond donors (Lipinski definition) is 0. The summed E-state index contributed by atoms with van der Waals surface area (Å²) in [7, 11) is 0. The summed E-state index contributed by atoms with van der Waals surface area (Å²) < 4.78 is 6.26. The standard InChI is InChI=1S/C18H22BNO/c1-17(2)13-19(21-18(17,3)4)15-10-11-16(20-12-15)14-8-6-5-7-9-14/h5-12H,13H2,1-4H3. The Morgan fingerprint density at radius 2 is 1.71 bits per heavy atom. The molecule has 0 saturated carbocycles. The van der Waals surface area contributed by atoms with E-state index in [0.29, 0.717) is 0 Å². The second kappa shape index (κ2) is 4.99. The third-order valence-electron chi connectivity index (χ3n) is 4.99. The lowest BCUT2D eigenvalue weighted by molar-refractivity contribution is 0.0375. The first-order valence-corrected chi connectivity index (χ1v) is 7.58. The fourth-order valence-corrected chi connectivity index (χ4v) is 2.83. The summed E-state index contributed by atoms with van der Waals surface area (Å²) in [5.41, 5.74) is 3.41. The molecule has 1 aliphatic heterocycles. The molecule has 1 aromatic heterocycles. The van der Waals surface area contributed by atoms with Crippen molar-refractivity contribution in [2.24, 2.45) is 5.41 Å². The van der Waals surface area contributed by atoms with Crippen LogP contribution in [0, 0.1) is 5.41 Å². The maximum atomic E-state index is 6.26. The predicted octanol–water partition coefficient (Wildman–Crippen LogP) is 3.78. The molecule has 2 aromatic rings. The Morgan fingerprint density at radius 1 is 1.00 bits per heavy atom. The Bertz CT molecular complexity index is 603. The zero-order valence-corrected chi connectivity index (χ0v) is 13.3. The predicted molar refractivity (Wildman–Crippen MR) is 88.8 cm³/mol. The molecule has 2 nitrogen and oxygen atoms in total. The lowest BCUT2D eigenvalue weighted by Gasteiger charge is -2.34. The summed E-state index contributed by atoms with van der Waals surface area (Å²) in [6.45, 7) is 9.06. The third-order valence-corrected chi connectivity index (χ3v) is 4.99. The zero-order valence-electron chi connectivity index (χ0n) is 13.3. The van der Waals surface area contributed by atoms with Gasteiger partial charge in [0.05, 0.1) is 11.3 Å². The van der Waals surface area contributed by atoms with Gasteiger partial charge in [-0.1, -0.05) is 50.2 Å². The Morgan fingerprint density at radius 3 is 2.24 bits per heavy atom. The fourth-order valence-electron chi connectivity index (χ4n) is 2.83. The summed E-state index contributed by atoms with van der Waals surface area (Å²) in [5.74, 6) is 0. The van der Waals surface area contributed by atoms with Gasteiger partial charge in [0.15, 0.2) is 0 Å². The highest BCUT2D eigenvalue weighted by molar-refractivity contribution is 6.68. The molecule has 0 bridgehead atoms. The minimum Gasteiger partial charge on any atom is -0.425 e. The largest absolute Gasteiger partial charge is 0.425 e. The van der Waals surface area contributed by atoms with Crippen molar-refractivity contribution >= 4 is 12.4 Å². The van der Waals surface area contributed by atoms with Gasteiger partial charge < -0.3 is 4.65 Å². The van der Waals surface area contributed by atoms with Gasteiger partial charge in [0.25, 0.3) is 0 Å². The van der Waals surface area contributed by atoms with Crippen molar-refractivity contribution in [1.82, 2.24) is 4.98 Å². The Hall–Kier alpha value is -1.61. The summed E-state index contributed by atoms with van der Waals surface area (Å²) in [6, 6.07) is 14.5. The van der Waals surface area contributed by atoms with Crippen molar-refractivity contribution in [3.63, 3.8) is 0 Å². The topological polar surface area (TPSA) is 22.1 Å². The van der Waals surface area contributed by atoms with Gasteiger partial charge in [-0.2, -0.15) is 0 Å². The molecular weight excluding hydrogens is 257 g/mol. The van der Waals surface area contributed by atoms with Crippen LogP contribution in [0.2, 0.25) is 6.32 Å². The molecule has 3 rings (SSSR count). The molecule has 0 spiro atoms. The molecule has 0 N–H and O–H groups in total. The molecule has 21 heavy (non-hydrogen) atoms. The molecule has 1 fully saturated rings. The Kier molecular flexibility index (Phi) is 3.41. The van der Waals surface area contributed by atoms with Crippen molar-refractivity contribution in [3.05, 3.63) is 48.7 Å². The highest BCUT2D eigenvalue weighted by Gasteiger charge is 2.49. The van der Waals surface area contributed by atoms with Crippen LogP contribution < -0.4 is 5.46 Å². The monoisotopic (exact) mass is 279 g/mol. The van der Waals surface area contributed by atoms with Gasteiger partial charge in [-0.05, 0) is 37.1 Å². The molecule has 1 aliphatic rings. The normalized spacial score (nSPS) is 19.7. The number of nitrogens with zero attached hydrogens (tertiary/aromatic N) is 1.